The fourth-order valence-electron chi connectivity index (χ4n) is 10.1. The predicted octanol–water partition coefficient (Wildman–Crippen LogP) is 15.4. The Bertz CT molecular complexity index is 3300. The molecule has 0 bridgehead atoms. The van der Waals surface area contributed by atoms with E-state index in [0.717, 1.165) is 34.1 Å². The molecule has 10 aromatic rings. The van der Waals surface area contributed by atoms with Crippen LogP contribution in [0.25, 0.3) is 53.6 Å². The Morgan fingerprint density at radius 1 is 0.373 bits per heavy atom. The molecular weight excluding hydrogens is 739 g/mol. The Morgan fingerprint density at radius 2 is 0.966 bits per heavy atom. The first kappa shape index (κ1) is 32.7. The predicted molar refractivity (Wildman–Crippen MR) is 242 cm³/mol. The average Bonchev–Trinajstić information content (AvgIpc) is 3.93. The number of ether oxygens (including phenoxy) is 2. The van der Waals surface area contributed by atoms with Crippen molar-refractivity contribution in [3.63, 3.8) is 0 Å². The lowest BCUT2D eigenvalue weighted by Gasteiger charge is -2.31. The lowest BCUT2D eigenvalue weighted by atomic mass is 9.70. The Hall–Kier alpha value is -7.40. The summed E-state index contributed by atoms with van der Waals surface area (Å²) in [5.74, 6) is 2.85. The Balaban J connectivity index is 0.916. The minimum atomic E-state index is -0.459. The van der Waals surface area contributed by atoms with Crippen LogP contribution in [0.1, 0.15) is 22.3 Å². The lowest BCUT2D eigenvalue weighted by Crippen LogP contribution is -2.25. The summed E-state index contributed by atoms with van der Waals surface area (Å²) in [4.78, 5) is 2.28. The van der Waals surface area contributed by atoms with Crippen molar-refractivity contribution in [2.24, 2.45) is 0 Å². The van der Waals surface area contributed by atoms with Gasteiger partial charge in [0.1, 0.15) is 0 Å². The average molecular weight is 772 g/mol. The van der Waals surface area contributed by atoms with Crippen molar-refractivity contribution in [3.8, 4) is 56.4 Å². The van der Waals surface area contributed by atoms with Crippen molar-refractivity contribution in [1.29, 1.82) is 0 Å². The molecule has 0 amide bonds. The molecule has 0 saturated carbocycles. The van der Waals surface area contributed by atoms with Crippen molar-refractivity contribution >= 4 is 48.6 Å². The van der Waals surface area contributed by atoms with Gasteiger partial charge in [-0.2, -0.15) is 0 Å². The number of anilines is 3. The van der Waals surface area contributed by atoms with Gasteiger partial charge in [0.2, 0.25) is 0 Å². The van der Waals surface area contributed by atoms with E-state index in [0.29, 0.717) is 11.5 Å². The van der Waals surface area contributed by atoms with Crippen LogP contribution < -0.4 is 14.4 Å². The molecule has 1 spiro atoms. The highest BCUT2D eigenvalue weighted by molar-refractivity contribution is 7.25. The molecule has 0 N–H and O–H groups in total. The fraction of sp³-hybridized carbons (Fsp3) is 0.0182. The van der Waals surface area contributed by atoms with Crippen molar-refractivity contribution in [1.82, 2.24) is 0 Å². The van der Waals surface area contributed by atoms with Crippen molar-refractivity contribution in [2.45, 2.75) is 5.41 Å². The molecule has 1 aliphatic heterocycles. The van der Waals surface area contributed by atoms with E-state index >= 15 is 0 Å². The topological polar surface area (TPSA) is 21.7 Å². The van der Waals surface area contributed by atoms with E-state index < -0.39 is 5.41 Å². The third-order valence-electron chi connectivity index (χ3n) is 12.5. The van der Waals surface area contributed by atoms with E-state index in [-0.39, 0.29) is 0 Å². The normalized spacial score (nSPS) is 13.5. The lowest BCUT2D eigenvalue weighted by molar-refractivity contribution is 0.360. The summed E-state index contributed by atoms with van der Waals surface area (Å²) < 4.78 is 16.5. The van der Waals surface area contributed by atoms with Gasteiger partial charge in [-0.3, -0.25) is 0 Å². The fourth-order valence-corrected chi connectivity index (χ4v) is 11.2. The molecule has 4 heteroatoms. The summed E-state index contributed by atoms with van der Waals surface area (Å²) in [6.45, 7) is 0. The molecule has 59 heavy (non-hydrogen) atoms. The molecule has 0 saturated heterocycles. The van der Waals surface area contributed by atoms with E-state index in [1.165, 1.54) is 70.2 Å². The molecule has 1 aromatic heterocycles. The second kappa shape index (κ2) is 12.3. The first-order chi connectivity index (χ1) is 29.2. The molecule has 9 aromatic carbocycles. The molecule has 2 aliphatic carbocycles. The molecular formula is C55H33NO2S. The van der Waals surface area contributed by atoms with Gasteiger partial charge < -0.3 is 14.4 Å². The molecule has 0 radical (unpaired) electrons. The number of fused-ring (bicyclic) bond motifs is 16. The minimum Gasteiger partial charge on any atom is -0.449 e. The Kier molecular flexibility index (Phi) is 6.81. The number of hydrogen-bond donors (Lipinski definition) is 0. The highest BCUT2D eigenvalue weighted by Crippen LogP contribution is 2.66. The maximum Gasteiger partial charge on any atom is 0.178 e. The van der Waals surface area contributed by atoms with Crippen LogP contribution in [0.5, 0.6) is 23.0 Å². The smallest absolute Gasteiger partial charge is 0.178 e. The maximum atomic E-state index is 7.10. The van der Waals surface area contributed by atoms with Gasteiger partial charge >= 0.3 is 0 Å². The van der Waals surface area contributed by atoms with Crippen molar-refractivity contribution < 1.29 is 9.47 Å². The number of para-hydroxylation sites is 1. The number of rotatable bonds is 4. The van der Waals surface area contributed by atoms with Gasteiger partial charge in [-0.05, 0) is 111 Å². The summed E-state index contributed by atoms with van der Waals surface area (Å²) >= 11 is 1.85. The maximum absolute atomic E-state index is 7.10. The Morgan fingerprint density at radius 3 is 1.75 bits per heavy atom. The van der Waals surface area contributed by atoms with Crippen molar-refractivity contribution in [3.05, 3.63) is 222 Å². The third kappa shape index (κ3) is 4.58. The van der Waals surface area contributed by atoms with Crippen LogP contribution >= 0.6 is 11.3 Å². The van der Waals surface area contributed by atoms with E-state index in [4.69, 9.17) is 9.47 Å². The molecule has 0 fully saturated rings. The second-order valence-corrected chi connectivity index (χ2v) is 16.6. The zero-order chi connectivity index (χ0) is 38.7. The standard InChI is InChI=1S/C55H33NO2S/c1-2-12-36(13-3-1)56(37-25-22-34(23-26-37)35-24-31-52-43(32-35)41-16-7-11-21-51(41)59-52)38-27-29-48-50(33-38)58-54-49(57-48)30-28-47-53(54)42-17-6-10-20-46(42)55(47)44-18-8-4-14-39(44)40-15-5-9-19-45(40)55/h1-33H. The molecule has 2 heterocycles. The van der Waals surface area contributed by atoms with Crippen molar-refractivity contribution in [2.75, 3.05) is 4.90 Å². The number of thiophene rings is 1. The van der Waals surface area contributed by atoms with Crippen LogP contribution in [0.4, 0.5) is 17.1 Å². The SMILES string of the molecule is c1ccc(N(c2ccc(-c3ccc4sc5ccccc5c4c3)cc2)c2ccc3c(c2)Oc2c(ccc4c2-c2ccccc2C42c4ccccc4-c4ccccc42)O3)cc1. The monoisotopic (exact) mass is 771 g/mol. The van der Waals surface area contributed by atoms with E-state index in [9.17, 15) is 0 Å². The summed E-state index contributed by atoms with van der Waals surface area (Å²) in [5.41, 5.74) is 14.9. The van der Waals surface area contributed by atoms with E-state index in [1.807, 2.05) is 17.4 Å². The molecule has 13 rings (SSSR count). The third-order valence-corrected chi connectivity index (χ3v) is 13.7. The van der Waals surface area contributed by atoms with Gasteiger partial charge in [0.15, 0.2) is 23.0 Å². The highest BCUT2D eigenvalue weighted by atomic mass is 32.1. The zero-order valence-corrected chi connectivity index (χ0v) is 32.5. The quantitative estimate of drug-likeness (QED) is 0.178. The van der Waals surface area contributed by atoms with Crippen LogP contribution in [-0.2, 0) is 5.41 Å². The molecule has 0 unspecified atom stereocenters. The number of benzene rings is 9. The van der Waals surface area contributed by atoms with E-state index in [1.54, 1.807) is 0 Å². The van der Waals surface area contributed by atoms with Crippen LogP contribution in [0.3, 0.4) is 0 Å². The molecule has 3 aliphatic rings. The summed E-state index contributed by atoms with van der Waals surface area (Å²) in [5, 5.41) is 2.61. The minimum absolute atomic E-state index is 0.459. The molecule has 3 nitrogen and oxygen atoms in total. The van der Waals surface area contributed by atoms with Gasteiger partial charge in [0.05, 0.1) is 11.1 Å². The summed E-state index contributed by atoms with van der Waals surface area (Å²) in [7, 11) is 0. The van der Waals surface area contributed by atoms with Crippen LogP contribution in [0.2, 0.25) is 0 Å². The largest absolute Gasteiger partial charge is 0.449 e. The Labute approximate surface area is 345 Å². The highest BCUT2D eigenvalue weighted by Gasteiger charge is 2.53. The molecule has 0 atom stereocenters. The summed E-state index contributed by atoms with van der Waals surface area (Å²) in [6, 6.07) is 72.1. The zero-order valence-electron chi connectivity index (χ0n) is 31.7. The van der Waals surface area contributed by atoms with Crippen LogP contribution in [-0.4, -0.2) is 0 Å². The number of nitrogens with zero attached hydrogens (tertiary/aromatic N) is 1. The van der Waals surface area contributed by atoms with Gasteiger partial charge in [0, 0.05) is 43.2 Å². The molecule has 276 valence electrons. The first-order valence-corrected chi connectivity index (χ1v) is 20.9. The van der Waals surface area contributed by atoms with Gasteiger partial charge in [-0.25, -0.2) is 0 Å². The summed E-state index contributed by atoms with van der Waals surface area (Å²) in [6.07, 6.45) is 0. The van der Waals surface area contributed by atoms with Gasteiger partial charge in [-0.15, -0.1) is 11.3 Å². The van der Waals surface area contributed by atoms with Gasteiger partial charge in [-0.1, -0.05) is 133 Å². The second-order valence-electron chi connectivity index (χ2n) is 15.6. The van der Waals surface area contributed by atoms with Crippen LogP contribution in [0, 0.1) is 0 Å². The van der Waals surface area contributed by atoms with E-state index in [2.05, 4.69) is 199 Å². The van der Waals surface area contributed by atoms with Gasteiger partial charge in [0.25, 0.3) is 0 Å². The first-order valence-electron chi connectivity index (χ1n) is 20.1. The van der Waals surface area contributed by atoms with Crippen LogP contribution in [0.15, 0.2) is 200 Å². The number of hydrogen-bond acceptors (Lipinski definition) is 4.